The van der Waals surface area contributed by atoms with Crippen LogP contribution in [0.5, 0.6) is 0 Å². The molecule has 2 aromatic carbocycles. The quantitative estimate of drug-likeness (QED) is 0.804. The molecule has 148 valence electrons. The molecule has 3 rings (SSSR count). The summed E-state index contributed by atoms with van der Waals surface area (Å²) in [4.78, 5) is 26.4. The van der Waals surface area contributed by atoms with Crippen LogP contribution < -0.4 is 5.32 Å². The van der Waals surface area contributed by atoms with Gasteiger partial charge in [0.15, 0.2) is 0 Å². The Morgan fingerprint density at radius 1 is 1.21 bits per heavy atom. The molecular formula is C20H19F3N2O2S. The molecule has 0 saturated carbocycles. The minimum Gasteiger partial charge on any atom is -0.324 e. The van der Waals surface area contributed by atoms with Gasteiger partial charge >= 0.3 is 6.18 Å². The van der Waals surface area contributed by atoms with Gasteiger partial charge in [0, 0.05) is 5.69 Å². The van der Waals surface area contributed by atoms with Crippen molar-refractivity contribution in [3.63, 3.8) is 0 Å². The van der Waals surface area contributed by atoms with E-state index >= 15 is 0 Å². The number of benzene rings is 2. The average molecular weight is 408 g/mol. The maximum atomic E-state index is 13.0. The van der Waals surface area contributed by atoms with Crippen LogP contribution in [-0.2, 0) is 15.8 Å². The molecule has 28 heavy (non-hydrogen) atoms. The van der Waals surface area contributed by atoms with Crippen LogP contribution in [0.2, 0.25) is 0 Å². The molecule has 1 aliphatic heterocycles. The third-order valence-corrected chi connectivity index (χ3v) is 5.75. The van der Waals surface area contributed by atoms with Crippen LogP contribution in [-0.4, -0.2) is 28.5 Å². The topological polar surface area (TPSA) is 49.4 Å². The number of hydrogen-bond acceptors (Lipinski definition) is 3. The van der Waals surface area contributed by atoms with E-state index in [4.69, 9.17) is 0 Å². The van der Waals surface area contributed by atoms with E-state index in [9.17, 15) is 22.8 Å². The zero-order chi connectivity index (χ0) is 20.5. The summed E-state index contributed by atoms with van der Waals surface area (Å²) in [7, 11) is 0. The minimum absolute atomic E-state index is 0.114. The molecule has 1 heterocycles. The van der Waals surface area contributed by atoms with Crippen molar-refractivity contribution >= 4 is 29.3 Å². The van der Waals surface area contributed by atoms with Crippen molar-refractivity contribution in [2.45, 2.75) is 31.4 Å². The number of amides is 2. The lowest BCUT2D eigenvalue weighted by atomic mass is 10.1. The van der Waals surface area contributed by atoms with Gasteiger partial charge in [-0.05, 0) is 43.7 Å². The summed E-state index contributed by atoms with van der Waals surface area (Å²) in [6.07, 6.45) is -4.47. The molecule has 0 aliphatic carbocycles. The second-order valence-corrected chi connectivity index (χ2v) is 7.69. The first-order valence-electron chi connectivity index (χ1n) is 8.64. The van der Waals surface area contributed by atoms with Crippen molar-refractivity contribution in [2.75, 3.05) is 11.1 Å². The van der Waals surface area contributed by atoms with Crippen LogP contribution in [0.15, 0.2) is 48.5 Å². The summed E-state index contributed by atoms with van der Waals surface area (Å²) in [5.74, 6) is -0.557. The van der Waals surface area contributed by atoms with Crippen molar-refractivity contribution in [3.05, 3.63) is 65.2 Å². The molecule has 4 nitrogen and oxygen atoms in total. The fourth-order valence-electron chi connectivity index (χ4n) is 2.99. The number of rotatable bonds is 4. The van der Waals surface area contributed by atoms with Crippen molar-refractivity contribution in [2.24, 2.45) is 0 Å². The number of nitrogens with one attached hydrogen (secondary N) is 1. The van der Waals surface area contributed by atoms with Gasteiger partial charge in [-0.25, -0.2) is 0 Å². The van der Waals surface area contributed by atoms with Crippen LogP contribution in [0.25, 0.3) is 0 Å². The van der Waals surface area contributed by atoms with Gasteiger partial charge in [-0.3, -0.25) is 9.59 Å². The van der Waals surface area contributed by atoms with Crippen molar-refractivity contribution in [1.29, 1.82) is 0 Å². The first-order chi connectivity index (χ1) is 13.2. The SMILES string of the molecule is Cc1ccc(NC(=O)[C@H](C)N2C(=O)CS[C@H]2c2cccc(C(F)(F)F)c2)cc1. The Hall–Kier alpha value is -2.48. The third kappa shape index (κ3) is 4.32. The van der Waals surface area contributed by atoms with E-state index in [1.807, 2.05) is 19.1 Å². The van der Waals surface area contributed by atoms with Gasteiger partial charge < -0.3 is 10.2 Å². The summed E-state index contributed by atoms with van der Waals surface area (Å²) in [5, 5.41) is 2.11. The highest BCUT2D eigenvalue weighted by Crippen LogP contribution is 2.41. The number of nitrogens with zero attached hydrogens (tertiary/aromatic N) is 1. The first-order valence-corrected chi connectivity index (χ1v) is 9.69. The zero-order valence-corrected chi connectivity index (χ0v) is 16.1. The van der Waals surface area contributed by atoms with Gasteiger partial charge in [0.25, 0.3) is 0 Å². The third-order valence-electron chi connectivity index (χ3n) is 4.52. The van der Waals surface area contributed by atoms with Gasteiger partial charge in [-0.15, -0.1) is 11.8 Å². The van der Waals surface area contributed by atoms with Crippen LogP contribution in [0.3, 0.4) is 0 Å². The van der Waals surface area contributed by atoms with E-state index in [0.29, 0.717) is 11.3 Å². The number of carbonyl (C=O) groups is 2. The lowest BCUT2D eigenvalue weighted by Gasteiger charge is -2.30. The summed E-state index contributed by atoms with van der Waals surface area (Å²) in [5.41, 5.74) is 1.21. The highest BCUT2D eigenvalue weighted by Gasteiger charge is 2.40. The number of anilines is 1. The standard InChI is InChI=1S/C20H19F3N2O2S/c1-12-6-8-16(9-7-12)24-18(27)13(2)25-17(26)11-28-19(25)14-4-3-5-15(10-14)20(21,22)23/h3-10,13,19H,11H2,1-2H3,(H,24,27)/t13-,19-/m0/s1. The van der Waals surface area contributed by atoms with Crippen molar-refractivity contribution < 1.29 is 22.8 Å². The highest BCUT2D eigenvalue weighted by atomic mass is 32.2. The lowest BCUT2D eigenvalue weighted by molar-refractivity contribution is -0.137. The average Bonchev–Trinajstić information content (AvgIpc) is 3.04. The van der Waals surface area contributed by atoms with E-state index in [1.54, 1.807) is 25.1 Å². The summed E-state index contributed by atoms with van der Waals surface area (Å²) in [6.45, 7) is 3.50. The number of alkyl halides is 3. The molecule has 0 radical (unpaired) electrons. The van der Waals surface area contributed by atoms with Crippen LogP contribution in [0.4, 0.5) is 18.9 Å². The van der Waals surface area contributed by atoms with E-state index in [-0.39, 0.29) is 11.7 Å². The second-order valence-electron chi connectivity index (χ2n) is 6.62. The molecule has 8 heteroatoms. The zero-order valence-electron chi connectivity index (χ0n) is 15.3. The molecule has 1 saturated heterocycles. The molecule has 1 aliphatic rings. The fourth-order valence-corrected chi connectivity index (χ4v) is 4.24. The Kier molecular flexibility index (Phi) is 5.69. The van der Waals surface area contributed by atoms with Gasteiger partial charge in [0.1, 0.15) is 11.4 Å². The molecule has 1 N–H and O–H groups in total. The maximum absolute atomic E-state index is 13.0. The molecule has 1 fully saturated rings. The highest BCUT2D eigenvalue weighted by molar-refractivity contribution is 8.00. The largest absolute Gasteiger partial charge is 0.416 e. The lowest BCUT2D eigenvalue weighted by Crippen LogP contribution is -2.44. The van der Waals surface area contributed by atoms with Crippen molar-refractivity contribution in [3.8, 4) is 0 Å². The van der Waals surface area contributed by atoms with Gasteiger partial charge in [-0.1, -0.05) is 29.8 Å². The number of thioether (sulfide) groups is 1. The molecule has 0 bridgehead atoms. The minimum atomic E-state index is -4.47. The van der Waals surface area contributed by atoms with Crippen LogP contribution in [0, 0.1) is 6.92 Å². The predicted molar refractivity (Wildman–Crippen MR) is 103 cm³/mol. The second kappa shape index (κ2) is 7.87. The summed E-state index contributed by atoms with van der Waals surface area (Å²) < 4.78 is 39.1. The molecule has 2 atom stereocenters. The number of carbonyl (C=O) groups excluding carboxylic acids is 2. The van der Waals surface area contributed by atoms with E-state index in [0.717, 1.165) is 17.7 Å². The van der Waals surface area contributed by atoms with Crippen LogP contribution >= 0.6 is 11.8 Å². The Bertz CT molecular complexity index is 884. The molecule has 0 unspecified atom stereocenters. The monoisotopic (exact) mass is 408 g/mol. The van der Waals surface area contributed by atoms with Gasteiger partial charge in [-0.2, -0.15) is 13.2 Å². The normalized spacial score (nSPS) is 18.2. The Balaban J connectivity index is 1.81. The van der Waals surface area contributed by atoms with E-state index in [2.05, 4.69) is 5.32 Å². The smallest absolute Gasteiger partial charge is 0.324 e. The number of halogens is 3. The molecule has 2 amide bonds. The summed E-state index contributed by atoms with van der Waals surface area (Å²) in [6, 6.07) is 11.3. The fraction of sp³-hybridized carbons (Fsp3) is 0.300. The Morgan fingerprint density at radius 2 is 1.89 bits per heavy atom. The van der Waals surface area contributed by atoms with E-state index < -0.39 is 29.1 Å². The summed E-state index contributed by atoms with van der Waals surface area (Å²) >= 11 is 1.21. The molecular weight excluding hydrogens is 389 g/mol. The Labute approximate surface area is 165 Å². The first kappa shape index (κ1) is 20.3. The Morgan fingerprint density at radius 3 is 2.54 bits per heavy atom. The number of aryl methyl sites for hydroxylation is 1. The van der Waals surface area contributed by atoms with Gasteiger partial charge in [0.05, 0.1) is 11.3 Å². The predicted octanol–water partition coefficient (Wildman–Crippen LogP) is 4.62. The van der Waals surface area contributed by atoms with Gasteiger partial charge in [0.2, 0.25) is 11.8 Å². The maximum Gasteiger partial charge on any atom is 0.416 e. The molecule has 0 spiro atoms. The molecule has 2 aromatic rings. The molecule has 0 aromatic heterocycles. The van der Waals surface area contributed by atoms with E-state index in [1.165, 1.54) is 22.7 Å². The van der Waals surface area contributed by atoms with Crippen LogP contribution in [0.1, 0.15) is 29.0 Å². The number of hydrogen-bond donors (Lipinski definition) is 1. The van der Waals surface area contributed by atoms with Crippen molar-refractivity contribution in [1.82, 2.24) is 4.90 Å².